The first-order chi connectivity index (χ1) is 9.39. The summed E-state index contributed by atoms with van der Waals surface area (Å²) in [5.41, 5.74) is 0.176. The van der Waals surface area contributed by atoms with Crippen molar-refractivity contribution in [2.75, 3.05) is 4.72 Å². The van der Waals surface area contributed by atoms with Gasteiger partial charge in [0.15, 0.2) is 0 Å². The number of aryl methyl sites for hydroxylation is 1. The van der Waals surface area contributed by atoms with Crippen LogP contribution in [0.1, 0.15) is 17.0 Å². The summed E-state index contributed by atoms with van der Waals surface area (Å²) in [7, 11) is -3.77. The van der Waals surface area contributed by atoms with Crippen LogP contribution in [0.3, 0.4) is 0 Å². The molecule has 1 N–H and O–H groups in total. The van der Waals surface area contributed by atoms with Crippen molar-refractivity contribution in [3.8, 4) is 6.07 Å². The number of halogens is 1. The fourth-order valence-electron chi connectivity index (χ4n) is 1.58. The van der Waals surface area contributed by atoms with E-state index in [4.69, 9.17) is 9.78 Å². The molecule has 6 nitrogen and oxygen atoms in total. The van der Waals surface area contributed by atoms with E-state index < -0.39 is 21.6 Å². The minimum absolute atomic E-state index is 0.0223. The highest BCUT2D eigenvalue weighted by Gasteiger charge is 2.16. The van der Waals surface area contributed by atoms with Gasteiger partial charge in [0.05, 0.1) is 11.3 Å². The molecule has 20 heavy (non-hydrogen) atoms. The molecule has 0 fully saturated rings. The van der Waals surface area contributed by atoms with Crippen molar-refractivity contribution in [3.05, 3.63) is 47.1 Å². The maximum Gasteiger partial charge on any atom is 0.238 e. The summed E-state index contributed by atoms with van der Waals surface area (Å²) in [5.74, 6) is -0.515. The van der Waals surface area contributed by atoms with E-state index in [9.17, 15) is 12.8 Å². The summed E-state index contributed by atoms with van der Waals surface area (Å²) >= 11 is 0. The second-order valence-corrected chi connectivity index (χ2v) is 5.81. The van der Waals surface area contributed by atoms with Crippen molar-refractivity contribution >= 4 is 15.7 Å². The molecule has 0 atom stereocenters. The highest BCUT2D eigenvalue weighted by molar-refractivity contribution is 7.91. The summed E-state index contributed by atoms with van der Waals surface area (Å²) in [6.07, 6.45) is 0. The molecule has 1 heterocycles. The van der Waals surface area contributed by atoms with Gasteiger partial charge in [-0.15, -0.1) is 0 Å². The smallest absolute Gasteiger partial charge is 0.238 e. The Kier molecular flexibility index (Phi) is 3.72. The van der Waals surface area contributed by atoms with Crippen molar-refractivity contribution in [1.82, 2.24) is 5.16 Å². The Balaban J connectivity index is 2.23. The molecule has 2 aromatic rings. The van der Waals surface area contributed by atoms with Crippen molar-refractivity contribution < 1.29 is 17.3 Å². The van der Waals surface area contributed by atoms with Crippen LogP contribution in [0.2, 0.25) is 0 Å². The first-order valence-electron chi connectivity index (χ1n) is 5.52. The largest absolute Gasteiger partial charge is 0.361 e. The van der Waals surface area contributed by atoms with Crippen LogP contribution in [0.25, 0.3) is 0 Å². The molecular formula is C12H10FN3O3S. The van der Waals surface area contributed by atoms with Gasteiger partial charge in [-0.25, -0.2) is 12.8 Å². The SMILES string of the molecule is Cc1cc(CS(=O)(=O)Nc2ccc(F)cc2C#N)no1. The van der Waals surface area contributed by atoms with Crippen molar-refractivity contribution in [2.24, 2.45) is 0 Å². The lowest BCUT2D eigenvalue weighted by atomic mass is 10.2. The van der Waals surface area contributed by atoms with Crippen LogP contribution in [-0.2, 0) is 15.8 Å². The van der Waals surface area contributed by atoms with E-state index in [0.717, 1.165) is 12.1 Å². The predicted molar refractivity (Wildman–Crippen MR) is 68.6 cm³/mol. The van der Waals surface area contributed by atoms with E-state index >= 15 is 0 Å². The molecule has 0 aliphatic rings. The van der Waals surface area contributed by atoms with E-state index in [1.165, 1.54) is 12.1 Å². The maximum absolute atomic E-state index is 13.0. The molecule has 1 aromatic heterocycles. The molecule has 0 radical (unpaired) electrons. The summed E-state index contributed by atoms with van der Waals surface area (Å²) in [6, 6.07) is 6.44. The highest BCUT2D eigenvalue weighted by Crippen LogP contribution is 2.18. The van der Waals surface area contributed by atoms with Crippen LogP contribution < -0.4 is 4.72 Å². The Morgan fingerprint density at radius 2 is 2.20 bits per heavy atom. The summed E-state index contributed by atoms with van der Waals surface area (Å²) in [5, 5.41) is 12.4. The molecule has 0 bridgehead atoms. The quantitative estimate of drug-likeness (QED) is 0.929. The molecule has 0 saturated carbocycles. The Hall–Kier alpha value is -2.40. The average molecular weight is 295 g/mol. The molecule has 0 spiro atoms. The second kappa shape index (κ2) is 5.30. The van der Waals surface area contributed by atoms with Crippen LogP contribution in [0, 0.1) is 24.1 Å². The molecule has 2 rings (SSSR count). The number of benzene rings is 1. The van der Waals surface area contributed by atoms with E-state index in [1.807, 2.05) is 0 Å². The van der Waals surface area contributed by atoms with Gasteiger partial charge in [0.25, 0.3) is 0 Å². The first kappa shape index (κ1) is 14.0. The third-order valence-electron chi connectivity index (χ3n) is 2.38. The van der Waals surface area contributed by atoms with E-state index in [-0.39, 0.29) is 16.9 Å². The Bertz CT molecular complexity index is 777. The fourth-order valence-corrected chi connectivity index (χ4v) is 2.69. The van der Waals surface area contributed by atoms with E-state index in [2.05, 4.69) is 9.88 Å². The summed E-state index contributed by atoms with van der Waals surface area (Å²) in [6.45, 7) is 1.64. The van der Waals surface area contributed by atoms with Crippen LogP contribution in [0.5, 0.6) is 0 Å². The second-order valence-electron chi connectivity index (χ2n) is 4.09. The van der Waals surface area contributed by atoms with Crippen LogP contribution in [0.4, 0.5) is 10.1 Å². The highest BCUT2D eigenvalue weighted by atomic mass is 32.2. The van der Waals surface area contributed by atoms with Crippen molar-refractivity contribution in [2.45, 2.75) is 12.7 Å². The Morgan fingerprint density at radius 3 is 2.80 bits per heavy atom. The van der Waals surface area contributed by atoms with Crippen LogP contribution in [0.15, 0.2) is 28.8 Å². The minimum Gasteiger partial charge on any atom is -0.361 e. The van der Waals surface area contributed by atoms with Crippen molar-refractivity contribution in [3.63, 3.8) is 0 Å². The molecule has 0 saturated heterocycles. The number of anilines is 1. The molecule has 0 unspecified atom stereocenters. The average Bonchev–Trinajstić information content (AvgIpc) is 2.75. The molecule has 8 heteroatoms. The standard InChI is InChI=1S/C12H10FN3O3S/c1-8-4-11(15-19-8)7-20(17,18)16-12-3-2-10(13)5-9(12)6-14/h2-5,16H,7H2,1H3. The molecule has 0 aliphatic heterocycles. The van der Waals surface area contributed by atoms with Gasteiger partial charge >= 0.3 is 0 Å². The lowest BCUT2D eigenvalue weighted by Crippen LogP contribution is -2.16. The molecule has 0 amide bonds. The van der Waals surface area contributed by atoms with Crippen LogP contribution in [-0.4, -0.2) is 13.6 Å². The number of nitrogens with one attached hydrogen (secondary N) is 1. The first-order valence-corrected chi connectivity index (χ1v) is 7.17. The van der Waals surface area contributed by atoms with Gasteiger partial charge in [0.2, 0.25) is 10.0 Å². The van der Waals surface area contributed by atoms with Gasteiger partial charge < -0.3 is 4.52 Å². The normalized spacial score (nSPS) is 11.1. The zero-order valence-corrected chi connectivity index (χ0v) is 11.2. The third-order valence-corrected chi connectivity index (χ3v) is 3.59. The van der Waals surface area contributed by atoms with E-state index in [1.54, 1.807) is 13.0 Å². The number of rotatable bonds is 4. The Labute approximate surface area is 114 Å². The molecule has 1 aromatic carbocycles. The Morgan fingerprint density at radius 1 is 1.45 bits per heavy atom. The zero-order valence-electron chi connectivity index (χ0n) is 10.4. The summed E-state index contributed by atoms with van der Waals surface area (Å²) in [4.78, 5) is 0. The van der Waals surface area contributed by atoms with Crippen molar-refractivity contribution in [1.29, 1.82) is 5.26 Å². The van der Waals surface area contributed by atoms with Gasteiger partial charge in [-0.1, -0.05) is 5.16 Å². The lowest BCUT2D eigenvalue weighted by Gasteiger charge is -2.08. The number of hydrogen-bond acceptors (Lipinski definition) is 5. The van der Waals surface area contributed by atoms with Gasteiger partial charge in [-0.05, 0) is 25.1 Å². The number of nitrogens with zero attached hydrogens (tertiary/aromatic N) is 2. The lowest BCUT2D eigenvalue weighted by molar-refractivity contribution is 0.392. The monoisotopic (exact) mass is 295 g/mol. The maximum atomic E-state index is 13.0. The number of sulfonamides is 1. The van der Waals surface area contributed by atoms with Crippen LogP contribution >= 0.6 is 0 Å². The summed E-state index contributed by atoms with van der Waals surface area (Å²) < 4.78 is 43.8. The van der Waals surface area contributed by atoms with Gasteiger partial charge in [-0.3, -0.25) is 4.72 Å². The molecule has 104 valence electrons. The molecular weight excluding hydrogens is 285 g/mol. The minimum atomic E-state index is -3.77. The van der Waals surface area contributed by atoms with Gasteiger partial charge in [-0.2, -0.15) is 5.26 Å². The number of nitriles is 1. The predicted octanol–water partition coefficient (Wildman–Crippen LogP) is 1.94. The van der Waals surface area contributed by atoms with E-state index in [0.29, 0.717) is 5.76 Å². The number of aromatic nitrogens is 1. The third kappa shape index (κ3) is 3.33. The zero-order chi connectivity index (χ0) is 14.8. The molecule has 0 aliphatic carbocycles. The topological polar surface area (TPSA) is 96.0 Å². The van der Waals surface area contributed by atoms with Gasteiger partial charge in [0.1, 0.15) is 29.1 Å². The van der Waals surface area contributed by atoms with Gasteiger partial charge in [0, 0.05) is 6.07 Å². The number of hydrogen-bond donors (Lipinski definition) is 1. The fraction of sp³-hybridized carbons (Fsp3) is 0.167.